The molecule has 0 saturated heterocycles. The average molecular weight is 569 g/mol. The molecule has 7 aromatic rings. The van der Waals surface area contributed by atoms with E-state index in [1.807, 2.05) is 0 Å². The zero-order valence-corrected chi connectivity index (χ0v) is 25.8. The summed E-state index contributed by atoms with van der Waals surface area (Å²) < 4.78 is 0. The van der Waals surface area contributed by atoms with Crippen molar-refractivity contribution in [3.8, 4) is 44.8 Å². The van der Waals surface area contributed by atoms with E-state index in [9.17, 15) is 0 Å². The number of aromatic nitrogens is 2. The Labute approximate surface area is 260 Å². The van der Waals surface area contributed by atoms with Gasteiger partial charge in [0.2, 0.25) is 0 Å². The lowest BCUT2D eigenvalue weighted by Crippen LogP contribution is -1.96. The molecule has 2 heteroatoms. The smallest absolute Gasteiger partial charge is 0.0978 e. The number of hydrogen-bond acceptors (Lipinski definition) is 2. The molecule has 7 rings (SSSR count). The zero-order valence-electron chi connectivity index (χ0n) is 25.8. The van der Waals surface area contributed by atoms with Gasteiger partial charge in [0.15, 0.2) is 0 Å². The van der Waals surface area contributed by atoms with Gasteiger partial charge in [-0.05, 0) is 57.3 Å². The third-order valence-electron chi connectivity index (χ3n) is 8.67. The lowest BCUT2D eigenvalue weighted by molar-refractivity contribution is 0.867. The maximum atomic E-state index is 5.35. The maximum Gasteiger partial charge on any atom is 0.0978 e. The fourth-order valence-corrected chi connectivity index (χ4v) is 6.06. The van der Waals surface area contributed by atoms with E-state index in [-0.39, 0.29) is 0 Å². The summed E-state index contributed by atoms with van der Waals surface area (Å²) in [6.07, 6.45) is 0. The molecule has 0 aliphatic rings. The molecule has 0 N–H and O–H groups in total. The van der Waals surface area contributed by atoms with E-state index in [4.69, 9.17) is 9.97 Å². The van der Waals surface area contributed by atoms with Gasteiger partial charge in [0.1, 0.15) is 0 Å². The largest absolute Gasteiger partial charge is 0.245 e. The standard InChI is InChI=1S/C42H36N2/c1-27(2)29-15-19-31(20-16-29)37-25-39(33-11-7-5-8-12-33)43-41-35(37)23-24-36-38(32-21-17-30(18-22-32)28(3)4)26-40(44-42(36)41)34-13-9-6-10-14-34/h5-28H,1-4H3. The second-order valence-electron chi connectivity index (χ2n) is 12.3. The Kier molecular flexibility index (Phi) is 7.28. The Morgan fingerprint density at radius 3 is 1.09 bits per heavy atom. The van der Waals surface area contributed by atoms with Gasteiger partial charge in [0.25, 0.3) is 0 Å². The first-order valence-corrected chi connectivity index (χ1v) is 15.6. The monoisotopic (exact) mass is 568 g/mol. The quantitative estimate of drug-likeness (QED) is 0.186. The number of benzene rings is 5. The highest BCUT2D eigenvalue weighted by molar-refractivity contribution is 6.13. The van der Waals surface area contributed by atoms with Crippen LogP contribution in [0.3, 0.4) is 0 Å². The fraction of sp³-hybridized carbons (Fsp3) is 0.143. The molecule has 2 nitrogen and oxygen atoms in total. The third-order valence-corrected chi connectivity index (χ3v) is 8.67. The van der Waals surface area contributed by atoms with Crippen LogP contribution in [0.15, 0.2) is 133 Å². The second kappa shape index (κ2) is 11.5. The van der Waals surface area contributed by atoms with Crippen LogP contribution in [0, 0.1) is 0 Å². The molecule has 214 valence electrons. The molecule has 2 heterocycles. The third kappa shape index (κ3) is 5.18. The van der Waals surface area contributed by atoms with Gasteiger partial charge in [-0.2, -0.15) is 0 Å². The van der Waals surface area contributed by atoms with Crippen molar-refractivity contribution in [2.45, 2.75) is 39.5 Å². The van der Waals surface area contributed by atoms with Crippen molar-refractivity contribution < 1.29 is 0 Å². The van der Waals surface area contributed by atoms with E-state index >= 15 is 0 Å². The molecule has 2 aromatic heterocycles. The number of pyridine rings is 2. The van der Waals surface area contributed by atoms with Crippen LogP contribution in [0.1, 0.15) is 50.7 Å². The van der Waals surface area contributed by atoms with Crippen LogP contribution in [-0.4, -0.2) is 9.97 Å². The van der Waals surface area contributed by atoms with Crippen molar-refractivity contribution in [2.24, 2.45) is 0 Å². The van der Waals surface area contributed by atoms with Gasteiger partial charge in [-0.3, -0.25) is 0 Å². The van der Waals surface area contributed by atoms with E-state index in [2.05, 4.69) is 161 Å². The highest BCUT2D eigenvalue weighted by Gasteiger charge is 2.17. The predicted molar refractivity (Wildman–Crippen MR) is 187 cm³/mol. The first kappa shape index (κ1) is 27.7. The summed E-state index contributed by atoms with van der Waals surface area (Å²) >= 11 is 0. The van der Waals surface area contributed by atoms with E-state index < -0.39 is 0 Å². The van der Waals surface area contributed by atoms with E-state index in [1.165, 1.54) is 33.4 Å². The van der Waals surface area contributed by atoms with Gasteiger partial charge in [0.05, 0.1) is 22.4 Å². The topological polar surface area (TPSA) is 25.8 Å². The van der Waals surface area contributed by atoms with Crippen molar-refractivity contribution in [3.63, 3.8) is 0 Å². The van der Waals surface area contributed by atoms with Gasteiger partial charge in [-0.25, -0.2) is 9.97 Å². The second-order valence-corrected chi connectivity index (χ2v) is 12.3. The first-order chi connectivity index (χ1) is 21.5. The summed E-state index contributed by atoms with van der Waals surface area (Å²) in [6, 6.07) is 47.9. The molecule has 0 aliphatic heterocycles. The van der Waals surface area contributed by atoms with E-state index in [0.717, 1.165) is 44.3 Å². The van der Waals surface area contributed by atoms with Crippen molar-refractivity contribution in [1.82, 2.24) is 9.97 Å². The molecule has 0 atom stereocenters. The fourth-order valence-electron chi connectivity index (χ4n) is 6.06. The highest BCUT2D eigenvalue weighted by atomic mass is 14.8. The number of rotatable bonds is 6. The molecule has 0 aliphatic carbocycles. The van der Waals surface area contributed by atoms with E-state index in [1.54, 1.807) is 0 Å². The first-order valence-electron chi connectivity index (χ1n) is 15.6. The summed E-state index contributed by atoms with van der Waals surface area (Å²) in [4.78, 5) is 10.7. The predicted octanol–water partition coefficient (Wildman–Crippen LogP) is 11.7. The molecule has 0 amide bonds. The number of hydrogen-bond donors (Lipinski definition) is 0. The van der Waals surface area contributed by atoms with Crippen molar-refractivity contribution in [1.29, 1.82) is 0 Å². The minimum absolute atomic E-state index is 0.482. The molecule has 0 saturated carbocycles. The van der Waals surface area contributed by atoms with Gasteiger partial charge in [-0.15, -0.1) is 0 Å². The summed E-state index contributed by atoms with van der Waals surface area (Å²) in [7, 11) is 0. The van der Waals surface area contributed by atoms with Gasteiger partial charge in [0, 0.05) is 21.9 Å². The SMILES string of the molecule is CC(C)c1ccc(-c2cc(-c3ccccc3)nc3c2ccc2c(-c4ccc(C(C)C)cc4)cc(-c4ccccc4)nc23)cc1. The number of nitrogens with zero attached hydrogens (tertiary/aromatic N) is 2. The van der Waals surface area contributed by atoms with Crippen LogP contribution in [-0.2, 0) is 0 Å². The summed E-state index contributed by atoms with van der Waals surface area (Å²) in [5, 5.41) is 2.21. The summed E-state index contributed by atoms with van der Waals surface area (Å²) in [6.45, 7) is 8.95. The normalized spacial score (nSPS) is 11.6. The van der Waals surface area contributed by atoms with Crippen molar-refractivity contribution in [3.05, 3.63) is 145 Å². The lowest BCUT2D eigenvalue weighted by Gasteiger charge is -2.16. The lowest BCUT2D eigenvalue weighted by atomic mass is 9.92. The summed E-state index contributed by atoms with van der Waals surface area (Å²) in [5.74, 6) is 0.964. The van der Waals surface area contributed by atoms with Crippen LogP contribution >= 0.6 is 0 Å². The van der Waals surface area contributed by atoms with Crippen LogP contribution in [0.25, 0.3) is 66.6 Å². The van der Waals surface area contributed by atoms with Crippen molar-refractivity contribution >= 4 is 21.8 Å². The Bertz CT molecular complexity index is 1920. The molecule has 0 spiro atoms. The van der Waals surface area contributed by atoms with Gasteiger partial charge < -0.3 is 0 Å². The molecule has 44 heavy (non-hydrogen) atoms. The Morgan fingerprint density at radius 2 is 0.750 bits per heavy atom. The maximum absolute atomic E-state index is 5.35. The molecule has 5 aromatic carbocycles. The number of fused-ring (bicyclic) bond motifs is 3. The molecule has 0 radical (unpaired) electrons. The Hall–Kier alpha value is -5.08. The molecule has 0 unspecified atom stereocenters. The highest BCUT2D eigenvalue weighted by Crippen LogP contribution is 2.39. The van der Waals surface area contributed by atoms with Gasteiger partial charge >= 0.3 is 0 Å². The Morgan fingerprint density at radius 1 is 0.386 bits per heavy atom. The molecule has 0 fully saturated rings. The van der Waals surface area contributed by atoms with Crippen LogP contribution in [0.2, 0.25) is 0 Å². The zero-order chi connectivity index (χ0) is 30.2. The van der Waals surface area contributed by atoms with Crippen LogP contribution in [0.5, 0.6) is 0 Å². The van der Waals surface area contributed by atoms with Gasteiger partial charge in [-0.1, -0.05) is 149 Å². The van der Waals surface area contributed by atoms with Crippen LogP contribution < -0.4 is 0 Å². The molecular formula is C42H36N2. The van der Waals surface area contributed by atoms with E-state index in [0.29, 0.717) is 11.8 Å². The average Bonchev–Trinajstić information content (AvgIpc) is 3.08. The van der Waals surface area contributed by atoms with Crippen LogP contribution in [0.4, 0.5) is 0 Å². The minimum Gasteiger partial charge on any atom is -0.245 e. The minimum atomic E-state index is 0.482. The molecular weight excluding hydrogens is 532 g/mol. The Balaban J connectivity index is 1.55. The van der Waals surface area contributed by atoms with Crippen molar-refractivity contribution in [2.75, 3.05) is 0 Å². The summed E-state index contributed by atoms with van der Waals surface area (Å²) in [5.41, 5.74) is 13.3. The molecule has 0 bridgehead atoms.